The maximum atomic E-state index is 6.07. The Morgan fingerprint density at radius 3 is 2.68 bits per heavy atom. The molecule has 1 unspecified atom stereocenters. The van der Waals surface area contributed by atoms with E-state index in [4.69, 9.17) is 5.73 Å². The van der Waals surface area contributed by atoms with Gasteiger partial charge in [0.1, 0.15) is 11.3 Å². The third-order valence-corrected chi connectivity index (χ3v) is 6.86. The fourth-order valence-corrected chi connectivity index (χ4v) is 5.22. The van der Waals surface area contributed by atoms with Crippen LogP contribution in [0.25, 0.3) is 11.2 Å². The number of nitrogens with two attached hydrogens (primary N) is 1. The smallest absolute Gasteiger partial charge is 0.203 e. The molecule has 4 aromatic rings. The second-order valence-electron chi connectivity index (χ2n) is 8.78. The molecular formula is C24H29N7. The molecule has 1 fully saturated rings. The molecule has 0 saturated heterocycles. The summed E-state index contributed by atoms with van der Waals surface area (Å²) in [6.45, 7) is 0. The van der Waals surface area contributed by atoms with Gasteiger partial charge in [-0.1, -0.05) is 43.2 Å². The van der Waals surface area contributed by atoms with Crippen LogP contribution in [0.4, 0.5) is 5.82 Å². The molecule has 0 radical (unpaired) electrons. The lowest BCUT2D eigenvalue weighted by atomic mass is 9.76. The highest BCUT2D eigenvalue weighted by Gasteiger charge is 2.24. The fraction of sp³-hybridized carbons (Fsp3) is 0.417. The first kappa shape index (κ1) is 19.7. The van der Waals surface area contributed by atoms with E-state index in [1.54, 1.807) is 0 Å². The van der Waals surface area contributed by atoms with Gasteiger partial charge in [-0.15, -0.1) is 5.10 Å². The summed E-state index contributed by atoms with van der Waals surface area (Å²) in [5, 5.41) is 18.3. The van der Waals surface area contributed by atoms with Crippen molar-refractivity contribution in [1.29, 1.82) is 0 Å². The number of benzene rings is 1. The van der Waals surface area contributed by atoms with Crippen molar-refractivity contribution in [3.63, 3.8) is 0 Å². The van der Waals surface area contributed by atoms with Gasteiger partial charge in [0.2, 0.25) is 5.65 Å². The Bertz CT molecular complexity index is 1100. The molecule has 1 aliphatic rings. The van der Waals surface area contributed by atoms with Crippen molar-refractivity contribution in [3.8, 4) is 0 Å². The van der Waals surface area contributed by atoms with Crippen molar-refractivity contribution in [2.45, 2.75) is 56.8 Å². The van der Waals surface area contributed by atoms with Crippen LogP contribution in [0.2, 0.25) is 0 Å². The van der Waals surface area contributed by atoms with E-state index < -0.39 is 0 Å². The molecule has 3 aromatic heterocycles. The standard InChI is InChI=1S/C24H29N7/c25-22-13-21(23-24(28-22)30-31-29-23)20(19-14-26-27-15-19)8-4-5-16-9-11-18(12-10-16)17-6-2-1-3-7-17/h1-3,6-7,13-16,18,20H,4-5,8-12H2,(H,26,27)(H3,25,28,29,30,31). The summed E-state index contributed by atoms with van der Waals surface area (Å²) in [7, 11) is 0. The first-order valence-electron chi connectivity index (χ1n) is 11.3. The van der Waals surface area contributed by atoms with Crippen LogP contribution in [0.5, 0.6) is 0 Å². The summed E-state index contributed by atoms with van der Waals surface area (Å²) in [4.78, 5) is 4.30. The van der Waals surface area contributed by atoms with Crippen LogP contribution in [0.15, 0.2) is 48.8 Å². The van der Waals surface area contributed by atoms with Crippen molar-refractivity contribution in [3.05, 3.63) is 65.5 Å². The third kappa shape index (κ3) is 4.31. The van der Waals surface area contributed by atoms with Gasteiger partial charge in [-0.05, 0) is 66.7 Å². The maximum Gasteiger partial charge on any atom is 0.203 e. The molecule has 31 heavy (non-hydrogen) atoms. The van der Waals surface area contributed by atoms with Gasteiger partial charge in [-0.3, -0.25) is 5.10 Å². The average molecular weight is 416 g/mol. The molecule has 160 valence electrons. The van der Waals surface area contributed by atoms with Crippen LogP contribution in [0.1, 0.15) is 73.5 Å². The molecule has 0 amide bonds. The minimum Gasteiger partial charge on any atom is -0.384 e. The Hall–Kier alpha value is -3.22. The van der Waals surface area contributed by atoms with Crippen LogP contribution < -0.4 is 5.73 Å². The van der Waals surface area contributed by atoms with E-state index in [-0.39, 0.29) is 5.92 Å². The molecule has 1 atom stereocenters. The molecule has 7 heteroatoms. The minimum absolute atomic E-state index is 0.178. The van der Waals surface area contributed by atoms with Gasteiger partial charge >= 0.3 is 0 Å². The van der Waals surface area contributed by atoms with Crippen LogP contribution >= 0.6 is 0 Å². The zero-order valence-electron chi connectivity index (χ0n) is 17.7. The molecule has 4 N–H and O–H groups in total. The quantitative estimate of drug-likeness (QED) is 0.396. The predicted octanol–water partition coefficient (Wildman–Crippen LogP) is 4.93. The molecular weight excluding hydrogens is 386 g/mol. The molecule has 5 rings (SSSR count). The fourth-order valence-electron chi connectivity index (χ4n) is 5.22. The second kappa shape index (κ2) is 8.88. The maximum absolute atomic E-state index is 6.07. The number of H-pyrrole nitrogens is 2. The lowest BCUT2D eigenvalue weighted by molar-refractivity contribution is 0.301. The molecule has 1 aliphatic carbocycles. The topological polar surface area (TPSA) is 109 Å². The van der Waals surface area contributed by atoms with E-state index in [2.05, 4.69) is 60.9 Å². The number of nitrogens with one attached hydrogen (secondary N) is 2. The molecule has 7 nitrogen and oxygen atoms in total. The number of aromatic amines is 2. The summed E-state index contributed by atoms with van der Waals surface area (Å²) >= 11 is 0. The normalized spacial score (nSPS) is 20.1. The molecule has 1 aromatic carbocycles. The number of rotatable bonds is 7. The van der Waals surface area contributed by atoms with Gasteiger partial charge in [0.05, 0.1) is 6.20 Å². The van der Waals surface area contributed by atoms with Crippen LogP contribution in [0, 0.1) is 5.92 Å². The highest BCUT2D eigenvalue weighted by Crippen LogP contribution is 2.39. The zero-order chi connectivity index (χ0) is 21.0. The summed E-state index contributed by atoms with van der Waals surface area (Å²) in [6.07, 6.45) is 12.6. The summed E-state index contributed by atoms with van der Waals surface area (Å²) in [6, 6.07) is 12.9. The molecule has 1 saturated carbocycles. The number of pyridine rings is 1. The van der Waals surface area contributed by atoms with E-state index in [0.29, 0.717) is 11.5 Å². The van der Waals surface area contributed by atoms with E-state index in [1.165, 1.54) is 37.7 Å². The van der Waals surface area contributed by atoms with Crippen molar-refractivity contribution in [2.75, 3.05) is 5.73 Å². The minimum atomic E-state index is 0.178. The Labute approximate surface area is 181 Å². The van der Waals surface area contributed by atoms with Gasteiger partial charge in [-0.2, -0.15) is 15.4 Å². The number of nitrogen functional groups attached to an aromatic ring is 1. The van der Waals surface area contributed by atoms with Crippen molar-refractivity contribution in [2.24, 2.45) is 5.92 Å². The average Bonchev–Trinajstić information content (AvgIpc) is 3.50. The van der Waals surface area contributed by atoms with Gasteiger partial charge < -0.3 is 5.73 Å². The Morgan fingerprint density at radius 1 is 1.06 bits per heavy atom. The number of hydrogen-bond donors (Lipinski definition) is 3. The van der Waals surface area contributed by atoms with Gasteiger partial charge in [0, 0.05) is 12.1 Å². The third-order valence-electron chi connectivity index (χ3n) is 6.86. The van der Waals surface area contributed by atoms with E-state index >= 15 is 0 Å². The largest absolute Gasteiger partial charge is 0.384 e. The van der Waals surface area contributed by atoms with Gasteiger partial charge in [-0.25, -0.2) is 4.98 Å². The Morgan fingerprint density at radius 2 is 1.90 bits per heavy atom. The number of nitrogens with zero attached hydrogens (tertiary/aromatic N) is 4. The highest BCUT2D eigenvalue weighted by molar-refractivity contribution is 5.77. The van der Waals surface area contributed by atoms with Crippen LogP contribution in [-0.2, 0) is 0 Å². The second-order valence-corrected chi connectivity index (χ2v) is 8.78. The van der Waals surface area contributed by atoms with Crippen LogP contribution in [0.3, 0.4) is 0 Å². The number of aromatic nitrogens is 6. The first-order chi connectivity index (χ1) is 15.3. The van der Waals surface area contributed by atoms with Crippen LogP contribution in [-0.4, -0.2) is 30.6 Å². The number of hydrogen-bond acceptors (Lipinski definition) is 5. The van der Waals surface area contributed by atoms with E-state index in [0.717, 1.165) is 41.3 Å². The molecule has 0 spiro atoms. The monoisotopic (exact) mass is 415 g/mol. The van der Waals surface area contributed by atoms with E-state index in [9.17, 15) is 0 Å². The van der Waals surface area contributed by atoms with Gasteiger partial charge in [0.15, 0.2) is 0 Å². The van der Waals surface area contributed by atoms with Crippen molar-refractivity contribution >= 4 is 17.0 Å². The van der Waals surface area contributed by atoms with Gasteiger partial charge in [0.25, 0.3) is 0 Å². The summed E-state index contributed by atoms with van der Waals surface area (Å²) in [5.74, 6) is 2.21. The van der Waals surface area contributed by atoms with E-state index in [1.807, 2.05) is 18.5 Å². The molecule has 0 bridgehead atoms. The highest BCUT2D eigenvalue weighted by atomic mass is 15.3. The van der Waals surface area contributed by atoms with Crippen molar-refractivity contribution in [1.82, 2.24) is 30.6 Å². The predicted molar refractivity (Wildman–Crippen MR) is 122 cm³/mol. The summed E-state index contributed by atoms with van der Waals surface area (Å²) in [5.41, 5.74) is 11.2. The lowest BCUT2D eigenvalue weighted by Crippen LogP contribution is -2.14. The number of anilines is 1. The summed E-state index contributed by atoms with van der Waals surface area (Å²) < 4.78 is 0. The SMILES string of the molecule is Nc1cc(C(CCCC2CCC(c3ccccc3)CC2)c2cn[nH]c2)c2n[nH]nc2n1. The molecule has 3 heterocycles. The number of fused-ring (bicyclic) bond motifs is 1. The lowest BCUT2D eigenvalue weighted by Gasteiger charge is -2.29. The Balaban J connectivity index is 1.24. The first-order valence-corrected chi connectivity index (χ1v) is 11.3. The van der Waals surface area contributed by atoms with Crippen molar-refractivity contribution < 1.29 is 0 Å². The molecule has 0 aliphatic heterocycles. The Kier molecular flexibility index (Phi) is 5.65. The zero-order valence-corrected chi connectivity index (χ0v) is 17.7.